The van der Waals surface area contributed by atoms with Gasteiger partial charge in [0.15, 0.2) is 0 Å². The minimum Gasteiger partial charge on any atom is -0.368 e. The Morgan fingerprint density at radius 2 is 2.06 bits per heavy atom. The summed E-state index contributed by atoms with van der Waals surface area (Å²) >= 11 is 4.37. The molecule has 2 rings (SSSR count). The van der Waals surface area contributed by atoms with E-state index in [-0.39, 0.29) is 17.2 Å². The molecule has 2 unspecified atom stereocenters. The van der Waals surface area contributed by atoms with E-state index in [4.69, 9.17) is 0 Å². The van der Waals surface area contributed by atoms with Crippen LogP contribution in [0.1, 0.15) is 11.6 Å². The first kappa shape index (κ1) is 11.9. The van der Waals surface area contributed by atoms with E-state index in [0.29, 0.717) is 0 Å². The van der Waals surface area contributed by atoms with E-state index in [1.165, 1.54) is 12.1 Å². The lowest BCUT2D eigenvalue weighted by Crippen LogP contribution is -2.41. The predicted octanol–water partition coefficient (Wildman–Crippen LogP) is 1.90. The highest BCUT2D eigenvalue weighted by molar-refractivity contribution is 7.80. The third-order valence-electron chi connectivity index (χ3n) is 2.79. The highest BCUT2D eigenvalue weighted by Gasteiger charge is 2.22. The monoisotopic (exact) mass is 251 g/mol. The minimum absolute atomic E-state index is 0.0554. The van der Waals surface area contributed by atoms with Gasteiger partial charge in [0.05, 0.1) is 11.0 Å². The van der Waals surface area contributed by atoms with Crippen LogP contribution in [-0.2, 0) is 0 Å². The standard InChI is InChI=1S/C11H13N3O2S/c1-13-10(6-7-12-11(13)17)8-2-4-9(5-3-8)14(15)16/h2-7,10-12,17H,1H3. The quantitative estimate of drug-likeness (QED) is 0.479. The van der Waals surface area contributed by atoms with Crippen LogP contribution < -0.4 is 5.32 Å². The molecule has 0 bridgehead atoms. The summed E-state index contributed by atoms with van der Waals surface area (Å²) in [5, 5.41) is 13.6. The van der Waals surface area contributed by atoms with Gasteiger partial charge < -0.3 is 5.32 Å². The summed E-state index contributed by atoms with van der Waals surface area (Å²) in [6.45, 7) is 0. The van der Waals surface area contributed by atoms with Gasteiger partial charge in [-0.1, -0.05) is 12.1 Å². The molecule has 0 saturated carbocycles. The van der Waals surface area contributed by atoms with Gasteiger partial charge in [-0.15, -0.1) is 12.6 Å². The van der Waals surface area contributed by atoms with E-state index in [1.54, 1.807) is 12.1 Å². The molecule has 0 spiro atoms. The van der Waals surface area contributed by atoms with Crippen LogP contribution in [0.3, 0.4) is 0 Å². The lowest BCUT2D eigenvalue weighted by atomic mass is 10.0. The summed E-state index contributed by atoms with van der Waals surface area (Å²) < 4.78 is 0. The Balaban J connectivity index is 2.25. The SMILES string of the molecule is CN1C(S)NC=CC1c1ccc([N+](=O)[O-])cc1. The average Bonchev–Trinajstić information content (AvgIpc) is 2.33. The summed E-state index contributed by atoms with van der Waals surface area (Å²) in [4.78, 5) is 12.2. The molecule has 1 aromatic carbocycles. The Labute approximate surface area is 105 Å². The summed E-state index contributed by atoms with van der Waals surface area (Å²) in [7, 11) is 1.94. The number of nitrogens with zero attached hydrogens (tertiary/aromatic N) is 2. The van der Waals surface area contributed by atoms with Crippen molar-refractivity contribution in [1.82, 2.24) is 10.2 Å². The smallest absolute Gasteiger partial charge is 0.269 e. The second kappa shape index (κ2) is 4.77. The van der Waals surface area contributed by atoms with Gasteiger partial charge in [-0.05, 0) is 24.9 Å². The molecule has 17 heavy (non-hydrogen) atoms. The fraction of sp³-hybridized carbons (Fsp3) is 0.273. The van der Waals surface area contributed by atoms with Crippen LogP contribution in [0.25, 0.3) is 0 Å². The zero-order valence-electron chi connectivity index (χ0n) is 9.28. The van der Waals surface area contributed by atoms with Crippen LogP contribution in [0, 0.1) is 10.1 Å². The molecule has 5 nitrogen and oxygen atoms in total. The molecule has 1 aromatic rings. The fourth-order valence-electron chi connectivity index (χ4n) is 1.78. The number of hydrogen-bond donors (Lipinski definition) is 2. The fourth-order valence-corrected chi connectivity index (χ4v) is 2.01. The molecule has 6 heteroatoms. The first-order chi connectivity index (χ1) is 8.09. The van der Waals surface area contributed by atoms with Crippen molar-refractivity contribution >= 4 is 18.3 Å². The zero-order valence-corrected chi connectivity index (χ0v) is 10.2. The summed E-state index contributed by atoms with van der Waals surface area (Å²) in [6, 6.07) is 6.67. The van der Waals surface area contributed by atoms with Crippen molar-refractivity contribution in [3.63, 3.8) is 0 Å². The number of nitrogens with one attached hydrogen (secondary N) is 1. The van der Waals surface area contributed by atoms with Gasteiger partial charge in [-0.2, -0.15) is 0 Å². The highest BCUT2D eigenvalue weighted by Crippen LogP contribution is 2.27. The Morgan fingerprint density at radius 3 is 2.65 bits per heavy atom. The largest absolute Gasteiger partial charge is 0.368 e. The normalized spacial score (nSPS) is 24.4. The van der Waals surface area contributed by atoms with Crippen molar-refractivity contribution < 1.29 is 4.92 Å². The Bertz CT molecular complexity index is 447. The molecule has 0 amide bonds. The Kier molecular flexibility index (Phi) is 3.35. The van der Waals surface area contributed by atoms with Gasteiger partial charge in [-0.25, -0.2) is 0 Å². The van der Waals surface area contributed by atoms with Crippen molar-refractivity contribution in [2.75, 3.05) is 7.05 Å². The molecule has 1 heterocycles. The van der Waals surface area contributed by atoms with E-state index < -0.39 is 4.92 Å². The maximum absolute atomic E-state index is 10.6. The number of non-ortho nitro benzene ring substituents is 1. The van der Waals surface area contributed by atoms with Gasteiger partial charge in [0, 0.05) is 12.1 Å². The Morgan fingerprint density at radius 1 is 1.41 bits per heavy atom. The van der Waals surface area contributed by atoms with Crippen LogP contribution in [0.4, 0.5) is 5.69 Å². The number of rotatable bonds is 2. The van der Waals surface area contributed by atoms with E-state index in [0.717, 1.165) is 5.56 Å². The second-order valence-electron chi connectivity index (χ2n) is 3.86. The number of thiol groups is 1. The van der Waals surface area contributed by atoms with Crippen molar-refractivity contribution in [3.05, 3.63) is 52.2 Å². The first-order valence-corrected chi connectivity index (χ1v) is 5.68. The molecule has 1 N–H and O–H groups in total. The van der Waals surface area contributed by atoms with E-state index in [1.807, 2.05) is 24.2 Å². The van der Waals surface area contributed by atoms with Crippen molar-refractivity contribution in [3.8, 4) is 0 Å². The number of nitro benzene ring substituents is 1. The van der Waals surface area contributed by atoms with Crippen molar-refractivity contribution in [1.29, 1.82) is 0 Å². The van der Waals surface area contributed by atoms with Gasteiger partial charge in [0.2, 0.25) is 0 Å². The Hall–Kier alpha value is -1.53. The topological polar surface area (TPSA) is 58.4 Å². The number of nitro groups is 1. The second-order valence-corrected chi connectivity index (χ2v) is 4.35. The van der Waals surface area contributed by atoms with Crippen LogP contribution in [0.15, 0.2) is 36.5 Å². The molecule has 90 valence electrons. The number of likely N-dealkylation sites (N-methyl/N-ethyl adjacent to an activating group) is 1. The lowest BCUT2D eigenvalue weighted by molar-refractivity contribution is -0.384. The van der Waals surface area contributed by atoms with Crippen LogP contribution in [0.2, 0.25) is 0 Å². The first-order valence-electron chi connectivity index (χ1n) is 5.16. The summed E-state index contributed by atoms with van der Waals surface area (Å²) in [5.41, 5.74) is 1.06. The van der Waals surface area contributed by atoms with Crippen LogP contribution >= 0.6 is 12.6 Å². The molecule has 0 aliphatic carbocycles. The van der Waals surface area contributed by atoms with E-state index in [9.17, 15) is 10.1 Å². The van der Waals surface area contributed by atoms with Gasteiger partial charge in [-0.3, -0.25) is 15.0 Å². The van der Waals surface area contributed by atoms with Crippen molar-refractivity contribution in [2.24, 2.45) is 0 Å². The third kappa shape index (κ3) is 2.42. The average molecular weight is 251 g/mol. The van der Waals surface area contributed by atoms with Crippen LogP contribution in [0.5, 0.6) is 0 Å². The lowest BCUT2D eigenvalue weighted by Gasteiger charge is -2.34. The molecule has 0 saturated heterocycles. The van der Waals surface area contributed by atoms with Gasteiger partial charge in [0.1, 0.15) is 5.50 Å². The third-order valence-corrected chi connectivity index (χ3v) is 3.31. The van der Waals surface area contributed by atoms with Crippen molar-refractivity contribution in [2.45, 2.75) is 11.5 Å². The summed E-state index contributed by atoms with van der Waals surface area (Å²) in [6.07, 6.45) is 3.84. The maximum atomic E-state index is 10.6. The predicted molar refractivity (Wildman–Crippen MR) is 68.7 cm³/mol. The summed E-state index contributed by atoms with van der Waals surface area (Å²) in [5.74, 6) is 0. The van der Waals surface area contributed by atoms with Gasteiger partial charge >= 0.3 is 0 Å². The maximum Gasteiger partial charge on any atom is 0.269 e. The van der Waals surface area contributed by atoms with E-state index >= 15 is 0 Å². The molecule has 2 atom stereocenters. The molecule has 0 radical (unpaired) electrons. The van der Waals surface area contributed by atoms with Gasteiger partial charge in [0.25, 0.3) is 5.69 Å². The molecular formula is C11H13N3O2S. The molecular weight excluding hydrogens is 238 g/mol. The number of hydrogen-bond acceptors (Lipinski definition) is 5. The molecule has 1 aliphatic rings. The highest BCUT2D eigenvalue weighted by atomic mass is 32.1. The van der Waals surface area contributed by atoms with E-state index in [2.05, 4.69) is 17.9 Å². The zero-order chi connectivity index (χ0) is 12.4. The number of benzene rings is 1. The molecule has 0 aromatic heterocycles. The molecule has 1 aliphatic heterocycles. The van der Waals surface area contributed by atoms with Crippen LogP contribution in [-0.4, -0.2) is 22.4 Å². The molecule has 0 fully saturated rings. The minimum atomic E-state index is -0.396.